The van der Waals surface area contributed by atoms with Crippen molar-refractivity contribution in [1.29, 1.82) is 0 Å². The van der Waals surface area contributed by atoms with E-state index in [0.717, 1.165) is 11.4 Å². The van der Waals surface area contributed by atoms with Gasteiger partial charge in [-0.25, -0.2) is 4.98 Å². The Morgan fingerprint density at radius 2 is 0.760 bits per heavy atom. The van der Waals surface area contributed by atoms with E-state index in [1.807, 2.05) is 24.6 Å². The molecule has 0 N–H and O–H groups in total. The third-order valence-electron chi connectivity index (χ3n) is 11.9. The largest absolute Gasteiger partial charge is 2.00 e. The first-order valence-corrected chi connectivity index (χ1v) is 19.6. The monoisotopic (exact) mass is 768 g/mol. The van der Waals surface area contributed by atoms with Crippen LogP contribution in [-0.4, -0.2) is 17.4 Å². The number of halogens is 3. The van der Waals surface area contributed by atoms with Gasteiger partial charge in [0.15, 0.2) is 0 Å². The zero-order valence-corrected chi connectivity index (χ0v) is 33.3. The molecule has 0 atom stereocenters. The van der Waals surface area contributed by atoms with Crippen molar-refractivity contribution in [2.75, 3.05) is 0 Å². The zero-order chi connectivity index (χ0) is 31.8. The number of benzene rings is 2. The van der Waals surface area contributed by atoms with E-state index in [-0.39, 0.29) is 43.4 Å². The number of para-hydroxylation sites is 2. The van der Waals surface area contributed by atoms with Crippen molar-refractivity contribution >= 4 is 35.4 Å². The fraction of sp³-hybridized carbons (Fsp3) is 0.558. The number of aliphatic imine (C=N–C) groups is 2. The fourth-order valence-electron chi connectivity index (χ4n) is 9.36. The summed E-state index contributed by atoms with van der Waals surface area (Å²) in [6, 6.07) is 17.9. The van der Waals surface area contributed by atoms with E-state index in [1.54, 1.807) is 0 Å². The van der Waals surface area contributed by atoms with E-state index in [0.29, 0.717) is 28.7 Å². The quantitative estimate of drug-likeness (QED) is 0.220. The molecular weight excluding hydrogens is 716 g/mol. The molecule has 4 aliphatic carbocycles. The molecule has 0 saturated heterocycles. The van der Waals surface area contributed by atoms with Gasteiger partial charge in [0.2, 0.25) is 0 Å². The van der Waals surface area contributed by atoms with Crippen LogP contribution in [0.15, 0.2) is 58.5 Å². The molecule has 50 heavy (non-hydrogen) atoms. The Balaban J connectivity index is 0.00000187. The SMILES string of the molecule is Clc1cc(C=Nc2c(C3CCCCC3)cccc2C2CCCCC2)nc(C=Nc2c(C3CCCCC3)cccc2C2CCCCC2)c1.[Cl-].[Cl-].[V+2]. The molecule has 0 bridgehead atoms. The summed E-state index contributed by atoms with van der Waals surface area (Å²) < 4.78 is 0. The number of nitrogens with zero attached hydrogens (tertiary/aromatic N) is 3. The number of hydrogen-bond donors (Lipinski definition) is 0. The van der Waals surface area contributed by atoms with Crippen molar-refractivity contribution in [2.45, 2.75) is 152 Å². The minimum atomic E-state index is 0. The maximum absolute atomic E-state index is 6.76. The van der Waals surface area contributed by atoms with Crippen molar-refractivity contribution in [3.8, 4) is 0 Å². The van der Waals surface area contributed by atoms with Gasteiger partial charge in [-0.15, -0.1) is 0 Å². The molecule has 1 aromatic heterocycles. The average molecular weight is 770 g/mol. The number of rotatable bonds is 8. The van der Waals surface area contributed by atoms with Crippen LogP contribution in [0.1, 0.15) is 186 Å². The number of pyridine rings is 1. The van der Waals surface area contributed by atoms with E-state index in [9.17, 15) is 0 Å². The number of aromatic nitrogens is 1. The van der Waals surface area contributed by atoms with Crippen LogP contribution < -0.4 is 24.8 Å². The minimum absolute atomic E-state index is 0. The first kappa shape index (κ1) is 41.1. The molecule has 267 valence electrons. The van der Waals surface area contributed by atoms with Crippen molar-refractivity contribution in [2.24, 2.45) is 9.98 Å². The summed E-state index contributed by atoms with van der Waals surface area (Å²) in [6.07, 6.45) is 30.2. The Hall–Kier alpha value is -1.62. The van der Waals surface area contributed by atoms with Crippen LogP contribution in [0.5, 0.6) is 0 Å². The number of hydrogen-bond acceptors (Lipinski definition) is 3. The average Bonchev–Trinajstić information content (AvgIpc) is 3.14. The molecular formula is C43H54Cl3N3V. The third-order valence-corrected chi connectivity index (χ3v) is 12.1. The van der Waals surface area contributed by atoms with Crippen LogP contribution >= 0.6 is 11.6 Å². The first-order valence-electron chi connectivity index (χ1n) is 19.2. The van der Waals surface area contributed by atoms with Crippen LogP contribution in [0.25, 0.3) is 0 Å². The standard InChI is InChI=1S/C43H54ClN3.2ClH.V/c44-35-27-36(29-45-42-38(31-15-5-1-6-16-31)23-13-24-39(42)32-17-7-2-8-18-32)47-37(28-35)30-46-43-40(33-19-9-3-10-20-33)25-14-26-41(43)34-21-11-4-12-22-34;;;/h13-14,23-34H,1-12,15-22H2;2*1H;/q;;;+2/p-2. The molecule has 0 unspecified atom stereocenters. The summed E-state index contributed by atoms with van der Waals surface area (Å²) in [5.74, 6) is 2.43. The molecule has 3 aromatic rings. The summed E-state index contributed by atoms with van der Waals surface area (Å²) >= 11 is 6.76. The first-order chi connectivity index (χ1) is 23.2. The predicted octanol–water partition coefficient (Wildman–Crippen LogP) is 7.43. The molecule has 7 heteroatoms. The van der Waals surface area contributed by atoms with Gasteiger partial charge in [-0.05, 0) is 109 Å². The Bertz CT molecular complexity index is 1360. The smallest absolute Gasteiger partial charge is 1.00 e. The van der Waals surface area contributed by atoms with Gasteiger partial charge >= 0.3 is 18.6 Å². The Morgan fingerprint density at radius 3 is 1.04 bits per heavy atom. The molecule has 0 aliphatic heterocycles. The second kappa shape index (κ2) is 20.6. The maximum Gasteiger partial charge on any atom is 2.00 e. The molecule has 1 radical (unpaired) electrons. The molecule has 2 aromatic carbocycles. The Morgan fingerprint density at radius 1 is 0.480 bits per heavy atom. The van der Waals surface area contributed by atoms with Crippen molar-refractivity contribution < 1.29 is 43.4 Å². The van der Waals surface area contributed by atoms with E-state index >= 15 is 0 Å². The topological polar surface area (TPSA) is 37.6 Å². The summed E-state index contributed by atoms with van der Waals surface area (Å²) in [5.41, 5.74) is 9.82. The third kappa shape index (κ3) is 10.3. The predicted molar refractivity (Wildman–Crippen MR) is 200 cm³/mol. The Kier molecular flexibility index (Phi) is 16.9. The van der Waals surface area contributed by atoms with E-state index in [1.165, 1.54) is 162 Å². The molecule has 0 amide bonds. The second-order valence-corrected chi connectivity index (χ2v) is 15.5. The fourth-order valence-corrected chi connectivity index (χ4v) is 9.59. The molecule has 4 aliphatic rings. The van der Waals surface area contributed by atoms with Crippen molar-refractivity contribution in [3.05, 3.63) is 87.2 Å². The van der Waals surface area contributed by atoms with E-state index < -0.39 is 0 Å². The van der Waals surface area contributed by atoms with Crippen LogP contribution in [0.4, 0.5) is 11.4 Å². The molecule has 1 heterocycles. The van der Waals surface area contributed by atoms with Gasteiger partial charge in [0.1, 0.15) is 0 Å². The Labute approximate surface area is 331 Å². The zero-order valence-electron chi connectivity index (χ0n) is 29.6. The molecule has 4 saturated carbocycles. The minimum Gasteiger partial charge on any atom is -1.00 e. The summed E-state index contributed by atoms with van der Waals surface area (Å²) in [4.78, 5) is 15.6. The van der Waals surface area contributed by atoms with Crippen LogP contribution in [0.2, 0.25) is 5.02 Å². The molecule has 4 fully saturated rings. The summed E-state index contributed by atoms with van der Waals surface area (Å²) in [7, 11) is 0. The summed E-state index contributed by atoms with van der Waals surface area (Å²) in [5, 5.41) is 0.684. The van der Waals surface area contributed by atoms with Gasteiger partial charge in [-0.1, -0.05) is 125 Å². The van der Waals surface area contributed by atoms with Crippen molar-refractivity contribution in [1.82, 2.24) is 4.98 Å². The molecule has 0 spiro atoms. The van der Waals surface area contributed by atoms with Gasteiger partial charge in [0.25, 0.3) is 0 Å². The van der Waals surface area contributed by atoms with E-state index in [4.69, 9.17) is 26.6 Å². The van der Waals surface area contributed by atoms with Gasteiger partial charge in [-0.3, -0.25) is 9.98 Å². The molecule has 7 rings (SSSR count). The summed E-state index contributed by atoms with van der Waals surface area (Å²) in [6.45, 7) is 0. The van der Waals surface area contributed by atoms with Gasteiger partial charge in [0, 0.05) is 5.02 Å². The molecule has 3 nitrogen and oxygen atoms in total. The maximum atomic E-state index is 6.76. The van der Waals surface area contributed by atoms with Gasteiger partial charge in [0.05, 0.1) is 35.2 Å². The second-order valence-electron chi connectivity index (χ2n) is 15.1. The van der Waals surface area contributed by atoms with Crippen molar-refractivity contribution in [3.63, 3.8) is 0 Å². The van der Waals surface area contributed by atoms with Gasteiger partial charge < -0.3 is 24.8 Å². The van der Waals surface area contributed by atoms with Crippen LogP contribution in [-0.2, 0) is 18.6 Å². The van der Waals surface area contributed by atoms with Gasteiger partial charge in [-0.2, -0.15) is 0 Å². The van der Waals surface area contributed by atoms with E-state index in [2.05, 4.69) is 36.4 Å². The normalized spacial score (nSPS) is 19.9. The van der Waals surface area contributed by atoms with Crippen LogP contribution in [0.3, 0.4) is 0 Å². The van der Waals surface area contributed by atoms with Crippen LogP contribution in [0, 0.1) is 0 Å².